The molecule has 0 spiro atoms. The number of likely N-dealkylation sites (tertiary alicyclic amines) is 1. The van der Waals surface area contributed by atoms with Gasteiger partial charge in [-0.15, -0.1) is 0 Å². The third kappa shape index (κ3) is 3.09. The predicted molar refractivity (Wildman–Crippen MR) is 81.0 cm³/mol. The number of nitrogens with zero attached hydrogens (tertiary/aromatic N) is 1. The fourth-order valence-electron chi connectivity index (χ4n) is 2.97. The summed E-state index contributed by atoms with van der Waals surface area (Å²) in [6.07, 6.45) is 1.93. The Labute approximate surface area is 125 Å². The zero-order chi connectivity index (χ0) is 15.6. The molecule has 2 rings (SSSR count). The Kier molecular flexibility index (Phi) is 4.35. The number of carboxylic acids is 1. The maximum absolute atomic E-state index is 12.6. The first kappa shape index (κ1) is 15.5. The molecule has 21 heavy (non-hydrogen) atoms. The van der Waals surface area contributed by atoms with Gasteiger partial charge in [-0.1, -0.05) is 36.8 Å². The van der Waals surface area contributed by atoms with Gasteiger partial charge >= 0.3 is 5.97 Å². The van der Waals surface area contributed by atoms with E-state index < -0.39 is 11.5 Å². The highest BCUT2D eigenvalue weighted by Crippen LogP contribution is 2.31. The van der Waals surface area contributed by atoms with Crippen LogP contribution < -0.4 is 0 Å². The molecule has 1 aliphatic heterocycles. The number of hydrogen-bond donors (Lipinski definition) is 1. The van der Waals surface area contributed by atoms with Crippen molar-refractivity contribution in [3.63, 3.8) is 0 Å². The van der Waals surface area contributed by atoms with Crippen LogP contribution in [0.1, 0.15) is 37.8 Å². The maximum atomic E-state index is 12.6. The zero-order valence-electron chi connectivity index (χ0n) is 12.9. The third-order valence-corrected chi connectivity index (χ3v) is 4.45. The lowest BCUT2D eigenvalue weighted by molar-refractivity contribution is -0.156. The fourth-order valence-corrected chi connectivity index (χ4v) is 2.97. The minimum atomic E-state index is -1.04. The van der Waals surface area contributed by atoms with Crippen molar-refractivity contribution in [2.75, 3.05) is 6.54 Å². The highest BCUT2D eigenvalue weighted by molar-refractivity contribution is 5.88. The van der Waals surface area contributed by atoms with Crippen molar-refractivity contribution < 1.29 is 14.7 Å². The Morgan fingerprint density at radius 3 is 2.52 bits per heavy atom. The summed E-state index contributed by atoms with van der Waals surface area (Å²) in [6.45, 7) is 6.10. The second-order valence-corrected chi connectivity index (χ2v) is 6.26. The molecule has 1 heterocycles. The van der Waals surface area contributed by atoms with E-state index in [1.165, 1.54) is 5.56 Å². The van der Waals surface area contributed by atoms with Gasteiger partial charge in [0.05, 0.1) is 0 Å². The SMILES string of the molecule is Cc1ccc(CC(C)C(=O)N2CCCC2(C)C(=O)O)cc1. The van der Waals surface area contributed by atoms with Crippen LogP contribution in [0.4, 0.5) is 0 Å². The molecule has 1 fully saturated rings. The molecule has 4 nitrogen and oxygen atoms in total. The van der Waals surface area contributed by atoms with Crippen molar-refractivity contribution in [2.24, 2.45) is 5.92 Å². The van der Waals surface area contributed by atoms with Gasteiger partial charge in [0.15, 0.2) is 0 Å². The first-order valence-corrected chi connectivity index (χ1v) is 7.45. The van der Waals surface area contributed by atoms with Crippen LogP contribution in [0.15, 0.2) is 24.3 Å². The number of rotatable bonds is 4. The Balaban J connectivity index is 2.08. The molecule has 4 heteroatoms. The molecule has 0 bridgehead atoms. The van der Waals surface area contributed by atoms with Crippen LogP contribution >= 0.6 is 0 Å². The molecule has 1 aromatic carbocycles. The van der Waals surface area contributed by atoms with Crippen molar-refractivity contribution in [1.82, 2.24) is 4.90 Å². The molecule has 0 aliphatic carbocycles. The van der Waals surface area contributed by atoms with Crippen LogP contribution in [0.2, 0.25) is 0 Å². The van der Waals surface area contributed by atoms with Gasteiger partial charge in [-0.25, -0.2) is 4.79 Å². The molecule has 114 valence electrons. The van der Waals surface area contributed by atoms with E-state index in [0.29, 0.717) is 19.4 Å². The summed E-state index contributed by atoms with van der Waals surface area (Å²) >= 11 is 0. The predicted octanol–water partition coefficient (Wildman–Crippen LogP) is 2.64. The minimum Gasteiger partial charge on any atom is -0.480 e. The van der Waals surface area contributed by atoms with Crippen LogP contribution in [-0.2, 0) is 16.0 Å². The van der Waals surface area contributed by atoms with E-state index in [1.807, 2.05) is 38.1 Å². The van der Waals surface area contributed by atoms with Crippen molar-refractivity contribution >= 4 is 11.9 Å². The van der Waals surface area contributed by atoms with E-state index >= 15 is 0 Å². The number of benzene rings is 1. The number of carbonyl (C=O) groups is 2. The van der Waals surface area contributed by atoms with Crippen molar-refractivity contribution in [3.05, 3.63) is 35.4 Å². The van der Waals surface area contributed by atoms with Crippen LogP contribution in [0.25, 0.3) is 0 Å². The minimum absolute atomic E-state index is 0.0574. The van der Waals surface area contributed by atoms with Gasteiger partial charge in [-0.3, -0.25) is 4.79 Å². The van der Waals surface area contributed by atoms with Gasteiger partial charge in [0.25, 0.3) is 0 Å². The van der Waals surface area contributed by atoms with Gasteiger partial charge in [-0.2, -0.15) is 0 Å². The molecule has 2 atom stereocenters. The zero-order valence-corrected chi connectivity index (χ0v) is 12.9. The number of carboxylic acid groups (broad SMARTS) is 1. The van der Waals surface area contributed by atoms with Crippen molar-refractivity contribution in [2.45, 2.75) is 45.6 Å². The third-order valence-electron chi connectivity index (χ3n) is 4.45. The molecule has 0 aromatic heterocycles. The van der Waals surface area contributed by atoms with Crippen molar-refractivity contribution in [1.29, 1.82) is 0 Å². The van der Waals surface area contributed by atoms with Crippen molar-refractivity contribution in [3.8, 4) is 0 Å². The molecule has 1 amide bonds. The number of amides is 1. The second kappa shape index (κ2) is 5.88. The molecular weight excluding hydrogens is 266 g/mol. The van der Waals surface area contributed by atoms with E-state index in [-0.39, 0.29) is 11.8 Å². The summed E-state index contributed by atoms with van der Waals surface area (Å²) in [7, 11) is 0. The Hall–Kier alpha value is -1.84. The lowest BCUT2D eigenvalue weighted by Crippen LogP contribution is -2.52. The monoisotopic (exact) mass is 289 g/mol. The second-order valence-electron chi connectivity index (χ2n) is 6.26. The highest BCUT2D eigenvalue weighted by atomic mass is 16.4. The number of hydrogen-bond acceptors (Lipinski definition) is 2. The van der Waals surface area contributed by atoms with E-state index in [0.717, 1.165) is 12.0 Å². The smallest absolute Gasteiger partial charge is 0.329 e. The standard InChI is InChI=1S/C17H23NO3/c1-12-5-7-14(8-6-12)11-13(2)15(19)18-10-4-9-17(18,3)16(20)21/h5-8,13H,4,9-11H2,1-3H3,(H,20,21). The normalized spacial score (nSPS) is 23.1. The average Bonchev–Trinajstić information content (AvgIpc) is 2.84. The largest absolute Gasteiger partial charge is 0.480 e. The van der Waals surface area contributed by atoms with Gasteiger partial charge in [0.2, 0.25) is 5.91 Å². The topological polar surface area (TPSA) is 57.6 Å². The summed E-state index contributed by atoms with van der Waals surface area (Å²) in [5.41, 5.74) is 1.26. The van der Waals surface area contributed by atoms with E-state index in [9.17, 15) is 14.7 Å². The summed E-state index contributed by atoms with van der Waals surface area (Å²) in [5, 5.41) is 9.40. The van der Waals surface area contributed by atoms with Crippen LogP contribution in [-0.4, -0.2) is 34.0 Å². The maximum Gasteiger partial charge on any atom is 0.329 e. The Bertz CT molecular complexity index is 537. The number of aryl methyl sites for hydroxylation is 1. The van der Waals surface area contributed by atoms with E-state index in [2.05, 4.69) is 0 Å². The molecule has 0 radical (unpaired) electrons. The van der Waals surface area contributed by atoms with Gasteiger partial charge < -0.3 is 10.0 Å². The van der Waals surface area contributed by atoms with E-state index in [4.69, 9.17) is 0 Å². The number of aliphatic carboxylic acids is 1. The summed E-state index contributed by atoms with van der Waals surface area (Å²) in [5.74, 6) is -1.17. The van der Waals surface area contributed by atoms with Crippen LogP contribution in [0, 0.1) is 12.8 Å². The molecular formula is C17H23NO3. The highest BCUT2D eigenvalue weighted by Gasteiger charge is 2.46. The average molecular weight is 289 g/mol. The number of carbonyl (C=O) groups excluding carboxylic acids is 1. The molecule has 1 aromatic rings. The quantitative estimate of drug-likeness (QED) is 0.927. The molecule has 0 saturated carbocycles. The van der Waals surface area contributed by atoms with Gasteiger partial charge in [0.1, 0.15) is 5.54 Å². The first-order chi connectivity index (χ1) is 9.84. The van der Waals surface area contributed by atoms with Crippen LogP contribution in [0.3, 0.4) is 0 Å². The van der Waals surface area contributed by atoms with Crippen LogP contribution in [0.5, 0.6) is 0 Å². The molecule has 1 N–H and O–H groups in total. The lowest BCUT2D eigenvalue weighted by Gasteiger charge is -2.33. The molecule has 1 saturated heterocycles. The lowest BCUT2D eigenvalue weighted by atomic mass is 9.95. The molecule has 1 aliphatic rings. The summed E-state index contributed by atoms with van der Waals surface area (Å²) < 4.78 is 0. The first-order valence-electron chi connectivity index (χ1n) is 7.45. The fraction of sp³-hybridized carbons (Fsp3) is 0.529. The molecule has 2 unspecified atom stereocenters. The Morgan fingerprint density at radius 1 is 1.33 bits per heavy atom. The summed E-state index contributed by atoms with van der Waals surface area (Å²) in [6, 6.07) is 8.12. The summed E-state index contributed by atoms with van der Waals surface area (Å²) in [4.78, 5) is 25.6. The Morgan fingerprint density at radius 2 is 1.95 bits per heavy atom. The van der Waals surface area contributed by atoms with Gasteiger partial charge in [0, 0.05) is 12.5 Å². The van der Waals surface area contributed by atoms with Gasteiger partial charge in [-0.05, 0) is 38.7 Å². The van der Waals surface area contributed by atoms with E-state index in [1.54, 1.807) is 11.8 Å².